The normalized spacial score (nSPS) is 22.0. The van der Waals surface area contributed by atoms with Gasteiger partial charge in [-0.25, -0.2) is 19.4 Å². The van der Waals surface area contributed by atoms with Crippen LogP contribution in [0.5, 0.6) is 0 Å². The summed E-state index contributed by atoms with van der Waals surface area (Å²) in [5, 5.41) is 24.6. The summed E-state index contributed by atoms with van der Waals surface area (Å²) in [5.41, 5.74) is 1.28. The molecule has 228 valence electrons. The Balaban J connectivity index is 1.46. The summed E-state index contributed by atoms with van der Waals surface area (Å²) in [6, 6.07) is 5.36. The number of nitrogens with zero attached hydrogens (tertiary/aromatic N) is 7. The number of aromatic nitrogens is 4. The van der Waals surface area contributed by atoms with Crippen LogP contribution >= 0.6 is 23.2 Å². The summed E-state index contributed by atoms with van der Waals surface area (Å²) >= 11 is 12.5. The number of hydrogen-bond donors (Lipinski definition) is 1. The summed E-state index contributed by atoms with van der Waals surface area (Å²) in [5.74, 6) is -3.58. The zero-order valence-electron chi connectivity index (χ0n) is 22.8. The average molecular weight is 640 g/mol. The molecule has 0 amide bonds. The third-order valence-electron chi connectivity index (χ3n) is 7.96. The molecule has 0 spiro atoms. The quantitative estimate of drug-likeness (QED) is 0.369. The third kappa shape index (κ3) is 6.20. The van der Waals surface area contributed by atoms with E-state index in [-0.39, 0.29) is 17.8 Å². The van der Waals surface area contributed by atoms with E-state index in [9.17, 15) is 33.1 Å². The van der Waals surface area contributed by atoms with E-state index in [4.69, 9.17) is 28.2 Å². The number of halogens is 5. The molecule has 43 heavy (non-hydrogen) atoms. The van der Waals surface area contributed by atoms with Crippen molar-refractivity contribution in [3.8, 4) is 6.07 Å². The number of esters is 1. The Bertz CT molecular complexity index is 1590. The molecule has 4 heterocycles. The molecule has 0 saturated carbocycles. The highest BCUT2D eigenvalue weighted by Gasteiger charge is 2.45. The van der Waals surface area contributed by atoms with E-state index in [2.05, 4.69) is 14.8 Å². The van der Waals surface area contributed by atoms with Crippen molar-refractivity contribution < 1.29 is 32.6 Å². The van der Waals surface area contributed by atoms with Gasteiger partial charge in [0.25, 0.3) is 0 Å². The van der Waals surface area contributed by atoms with Gasteiger partial charge >= 0.3 is 18.1 Å². The van der Waals surface area contributed by atoms with Gasteiger partial charge in [0.05, 0.1) is 18.8 Å². The summed E-state index contributed by atoms with van der Waals surface area (Å²) in [4.78, 5) is 36.2. The third-order valence-corrected chi connectivity index (χ3v) is 8.52. The molecule has 5 rings (SSSR count). The molecule has 2 aromatic heterocycles. The van der Waals surface area contributed by atoms with Crippen LogP contribution in [0.2, 0.25) is 10.0 Å². The molecule has 0 bridgehead atoms. The lowest BCUT2D eigenvalue weighted by molar-refractivity contribution is -0.201. The molecule has 3 aromatic rings. The first-order chi connectivity index (χ1) is 20.4. The zero-order valence-corrected chi connectivity index (χ0v) is 24.3. The van der Waals surface area contributed by atoms with E-state index in [0.29, 0.717) is 59.4 Å². The fourth-order valence-electron chi connectivity index (χ4n) is 5.91. The molecule has 4 atom stereocenters. The predicted octanol–water partition coefficient (Wildman–Crippen LogP) is 4.46. The molecular weight excluding hydrogens is 614 g/mol. The maximum atomic E-state index is 12.9. The number of likely N-dealkylation sites (tertiary alicyclic amines) is 1. The van der Waals surface area contributed by atoms with Crippen molar-refractivity contribution in [2.45, 2.75) is 50.5 Å². The molecule has 2 aliphatic rings. The topological polar surface area (TPSA) is 137 Å². The average Bonchev–Trinajstić information content (AvgIpc) is 3.60. The Hall–Kier alpha value is -3.67. The van der Waals surface area contributed by atoms with Gasteiger partial charge < -0.3 is 14.7 Å². The van der Waals surface area contributed by atoms with Crippen LogP contribution in [0.3, 0.4) is 0 Å². The Morgan fingerprint density at radius 1 is 1.26 bits per heavy atom. The smallest absolute Gasteiger partial charge is 0.480 e. The molecule has 1 aromatic carbocycles. The van der Waals surface area contributed by atoms with Gasteiger partial charge in [0.15, 0.2) is 11.3 Å². The minimum atomic E-state index is -5.15. The first-order valence-corrected chi connectivity index (χ1v) is 14.2. The second kappa shape index (κ2) is 12.1. The number of alkyl halides is 3. The maximum absolute atomic E-state index is 12.9. The van der Waals surface area contributed by atoms with Crippen molar-refractivity contribution in [1.29, 1.82) is 5.26 Å². The van der Waals surface area contributed by atoms with Crippen LogP contribution in [0.25, 0.3) is 11.2 Å². The van der Waals surface area contributed by atoms with Gasteiger partial charge in [0, 0.05) is 35.1 Å². The van der Waals surface area contributed by atoms with E-state index in [1.54, 1.807) is 28.0 Å². The minimum Gasteiger partial charge on any atom is -0.480 e. The van der Waals surface area contributed by atoms with Crippen molar-refractivity contribution >= 4 is 52.1 Å². The fourth-order valence-corrected chi connectivity index (χ4v) is 6.48. The summed E-state index contributed by atoms with van der Waals surface area (Å²) in [7, 11) is 0. The van der Waals surface area contributed by atoms with Gasteiger partial charge in [-0.05, 0) is 50.4 Å². The molecule has 11 nitrogen and oxygen atoms in total. The van der Waals surface area contributed by atoms with Gasteiger partial charge in [-0.1, -0.05) is 29.3 Å². The van der Waals surface area contributed by atoms with Crippen molar-refractivity contribution in [2.75, 3.05) is 31.1 Å². The molecule has 2 fully saturated rings. The first-order valence-electron chi connectivity index (χ1n) is 13.5. The van der Waals surface area contributed by atoms with Gasteiger partial charge in [-0.15, -0.1) is 0 Å². The zero-order chi connectivity index (χ0) is 31.1. The van der Waals surface area contributed by atoms with Crippen LogP contribution in [0, 0.1) is 17.2 Å². The van der Waals surface area contributed by atoms with Gasteiger partial charge in [0.2, 0.25) is 0 Å². The maximum Gasteiger partial charge on any atom is 0.490 e. The Labute approximate surface area is 253 Å². The molecule has 16 heteroatoms. The van der Waals surface area contributed by atoms with E-state index >= 15 is 0 Å². The molecule has 2 saturated heterocycles. The number of carbonyl (C=O) groups is 2. The van der Waals surface area contributed by atoms with Crippen molar-refractivity contribution in [3.63, 3.8) is 0 Å². The van der Waals surface area contributed by atoms with Crippen LogP contribution in [0.1, 0.15) is 43.5 Å². The van der Waals surface area contributed by atoms with Crippen LogP contribution in [-0.4, -0.2) is 86.2 Å². The monoisotopic (exact) mass is 639 g/mol. The highest BCUT2D eigenvalue weighted by Crippen LogP contribution is 2.34. The number of aliphatic carboxylic acids is 1. The number of benzene rings is 1. The molecular formula is C27H26Cl2F3N7O4. The van der Waals surface area contributed by atoms with E-state index in [0.717, 1.165) is 0 Å². The summed E-state index contributed by atoms with van der Waals surface area (Å²) in [6.07, 6.45) is -2.26. The summed E-state index contributed by atoms with van der Waals surface area (Å²) in [6.45, 7) is 2.24. The number of carboxylic acid groups (broad SMARTS) is 1. The standard InChI is InChI=1S/C27H26Cl2F3N7O4/c1-14(17-5-4-16(28)9-18(17)29)39-24-23(19(10-33)36-39)34-11-22(35-24)37-8-6-20(38-7-2-3-21(38)25(40)41)15(12-37)13-43-26(42)27(30,31)32/h4-5,9,11,14-15,20-21H,2-3,6-8,12-13H2,1H3,(H,40,41)/t14-,15+,20+,21+/m1/s1. The lowest BCUT2D eigenvalue weighted by Crippen LogP contribution is -2.55. The van der Waals surface area contributed by atoms with Crippen LogP contribution in [-0.2, 0) is 14.3 Å². The number of ether oxygens (including phenoxy) is 1. The lowest BCUT2D eigenvalue weighted by Gasteiger charge is -2.44. The van der Waals surface area contributed by atoms with Gasteiger partial charge in [0.1, 0.15) is 23.4 Å². The number of nitriles is 1. The van der Waals surface area contributed by atoms with E-state index in [1.807, 2.05) is 13.0 Å². The Kier molecular flexibility index (Phi) is 8.69. The van der Waals surface area contributed by atoms with Crippen LogP contribution in [0.4, 0.5) is 19.0 Å². The van der Waals surface area contributed by atoms with Crippen molar-refractivity contribution in [1.82, 2.24) is 24.6 Å². The second-order valence-corrected chi connectivity index (χ2v) is 11.4. The lowest BCUT2D eigenvalue weighted by atomic mass is 9.90. The Morgan fingerprint density at radius 2 is 2.02 bits per heavy atom. The first kappa shape index (κ1) is 30.8. The summed E-state index contributed by atoms with van der Waals surface area (Å²) < 4.78 is 44.9. The van der Waals surface area contributed by atoms with E-state index < -0.39 is 48.8 Å². The SMILES string of the molecule is C[C@H](c1ccc(Cl)cc1Cl)n1nc(C#N)c2ncc(N3CC[C@H](N4CCC[C@H]4C(=O)O)[C@H](COC(=O)C(F)(F)F)C3)nc21. The molecule has 0 unspecified atom stereocenters. The molecule has 2 aliphatic heterocycles. The van der Waals surface area contributed by atoms with Gasteiger partial charge in [-0.2, -0.15) is 23.5 Å². The second-order valence-electron chi connectivity index (χ2n) is 10.5. The number of carboxylic acids is 1. The molecule has 1 N–H and O–H groups in total. The fraction of sp³-hybridized carbons (Fsp3) is 0.481. The number of anilines is 1. The largest absolute Gasteiger partial charge is 0.490 e. The predicted molar refractivity (Wildman–Crippen MR) is 149 cm³/mol. The Morgan fingerprint density at radius 3 is 2.70 bits per heavy atom. The van der Waals surface area contributed by atoms with Crippen LogP contribution in [0.15, 0.2) is 24.4 Å². The number of carbonyl (C=O) groups excluding carboxylic acids is 1. The van der Waals surface area contributed by atoms with Crippen molar-refractivity contribution in [2.24, 2.45) is 5.92 Å². The highest BCUT2D eigenvalue weighted by atomic mass is 35.5. The molecule has 0 radical (unpaired) electrons. The minimum absolute atomic E-state index is 0.0513. The van der Waals surface area contributed by atoms with Crippen LogP contribution < -0.4 is 4.90 Å². The van der Waals surface area contributed by atoms with E-state index in [1.165, 1.54) is 10.9 Å². The number of hydrogen-bond acceptors (Lipinski definition) is 9. The number of piperidine rings is 1. The number of fused-ring (bicyclic) bond motifs is 1. The van der Waals surface area contributed by atoms with Gasteiger partial charge in [-0.3, -0.25) is 9.69 Å². The number of rotatable bonds is 7. The van der Waals surface area contributed by atoms with Crippen molar-refractivity contribution in [3.05, 3.63) is 45.7 Å². The highest BCUT2D eigenvalue weighted by molar-refractivity contribution is 6.35. The molecule has 0 aliphatic carbocycles.